The van der Waals surface area contributed by atoms with Gasteiger partial charge in [-0.1, -0.05) is 12.5 Å². The highest BCUT2D eigenvalue weighted by molar-refractivity contribution is 5.42. The first-order valence-corrected chi connectivity index (χ1v) is 7.70. The number of fused-ring (bicyclic) bond motifs is 1. The van der Waals surface area contributed by atoms with Crippen molar-refractivity contribution in [2.45, 2.75) is 32.7 Å². The van der Waals surface area contributed by atoms with Crippen LogP contribution in [0.2, 0.25) is 0 Å². The van der Waals surface area contributed by atoms with Crippen LogP contribution >= 0.6 is 0 Å². The summed E-state index contributed by atoms with van der Waals surface area (Å²) in [5, 5.41) is 3.57. The molecule has 1 fully saturated rings. The Labute approximate surface area is 120 Å². The van der Waals surface area contributed by atoms with Gasteiger partial charge in [-0.05, 0) is 45.0 Å². The molecule has 1 N–H and O–H groups in total. The fraction of sp³-hybridized carbons (Fsp3) is 0.562. The number of nitrogens with one attached hydrogen (secondary N) is 1. The van der Waals surface area contributed by atoms with Crippen LogP contribution in [-0.4, -0.2) is 40.5 Å². The van der Waals surface area contributed by atoms with Crippen molar-refractivity contribution < 1.29 is 0 Å². The number of aryl methyl sites for hydroxylation is 1. The first-order chi connectivity index (χ1) is 9.84. The number of aromatic nitrogens is 2. The second kappa shape index (κ2) is 6.37. The Morgan fingerprint density at radius 2 is 2.05 bits per heavy atom. The molecular formula is C16H24N4. The van der Waals surface area contributed by atoms with Crippen LogP contribution in [0, 0.1) is 6.92 Å². The zero-order valence-electron chi connectivity index (χ0n) is 12.3. The number of piperidine rings is 1. The van der Waals surface area contributed by atoms with E-state index >= 15 is 0 Å². The summed E-state index contributed by atoms with van der Waals surface area (Å²) in [6.45, 7) is 7.75. The molecule has 3 rings (SSSR count). The lowest BCUT2D eigenvalue weighted by molar-refractivity contribution is 0.229. The summed E-state index contributed by atoms with van der Waals surface area (Å²) in [5.41, 5.74) is 3.44. The molecule has 0 atom stereocenters. The monoisotopic (exact) mass is 272 g/mol. The van der Waals surface area contributed by atoms with Gasteiger partial charge in [-0.3, -0.25) is 0 Å². The van der Waals surface area contributed by atoms with E-state index in [4.69, 9.17) is 0 Å². The molecule has 0 aromatic carbocycles. The summed E-state index contributed by atoms with van der Waals surface area (Å²) in [7, 11) is 0. The first kappa shape index (κ1) is 13.6. The highest BCUT2D eigenvalue weighted by Crippen LogP contribution is 2.11. The minimum absolute atomic E-state index is 0.894. The number of hydrogen-bond acceptors (Lipinski definition) is 3. The number of rotatable bonds is 5. The fourth-order valence-corrected chi connectivity index (χ4v) is 3.00. The van der Waals surface area contributed by atoms with Crippen molar-refractivity contribution in [3.05, 3.63) is 35.8 Å². The molecule has 0 radical (unpaired) electrons. The van der Waals surface area contributed by atoms with Gasteiger partial charge in [0.1, 0.15) is 5.65 Å². The van der Waals surface area contributed by atoms with Crippen LogP contribution in [0.5, 0.6) is 0 Å². The molecule has 0 spiro atoms. The van der Waals surface area contributed by atoms with Crippen LogP contribution in [0.15, 0.2) is 24.4 Å². The van der Waals surface area contributed by atoms with Gasteiger partial charge in [-0.15, -0.1) is 0 Å². The molecule has 0 unspecified atom stereocenters. The molecule has 4 nitrogen and oxygen atoms in total. The molecule has 0 bridgehead atoms. The van der Waals surface area contributed by atoms with Crippen LogP contribution in [0.4, 0.5) is 0 Å². The highest BCUT2D eigenvalue weighted by Gasteiger charge is 2.10. The molecule has 1 saturated heterocycles. The van der Waals surface area contributed by atoms with E-state index in [1.54, 1.807) is 0 Å². The van der Waals surface area contributed by atoms with Crippen molar-refractivity contribution in [2.75, 3.05) is 26.2 Å². The van der Waals surface area contributed by atoms with E-state index < -0.39 is 0 Å². The third kappa shape index (κ3) is 3.02. The largest absolute Gasteiger partial charge is 0.310 e. The van der Waals surface area contributed by atoms with Gasteiger partial charge in [0.2, 0.25) is 0 Å². The number of hydrogen-bond donors (Lipinski definition) is 1. The van der Waals surface area contributed by atoms with E-state index in [-0.39, 0.29) is 0 Å². The normalized spacial score (nSPS) is 16.9. The van der Waals surface area contributed by atoms with E-state index in [1.165, 1.54) is 38.0 Å². The predicted molar refractivity (Wildman–Crippen MR) is 81.9 cm³/mol. The molecule has 1 aliphatic heterocycles. The third-order valence-electron chi connectivity index (χ3n) is 4.17. The lowest BCUT2D eigenvalue weighted by atomic mass is 10.1. The van der Waals surface area contributed by atoms with Crippen molar-refractivity contribution in [1.29, 1.82) is 0 Å². The standard InChI is InChI=1S/C16H24N4/c1-14-15(20-11-6-3-7-16(20)18-14)13-17-8-12-19-9-4-2-5-10-19/h3,6-7,11,17H,2,4-5,8-10,12-13H2,1H3. The molecule has 3 heterocycles. The summed E-state index contributed by atoms with van der Waals surface area (Å²) < 4.78 is 2.18. The molecule has 4 heteroatoms. The van der Waals surface area contributed by atoms with Crippen molar-refractivity contribution in [1.82, 2.24) is 19.6 Å². The van der Waals surface area contributed by atoms with Crippen LogP contribution in [-0.2, 0) is 6.54 Å². The second-order valence-corrected chi connectivity index (χ2v) is 5.65. The van der Waals surface area contributed by atoms with E-state index in [9.17, 15) is 0 Å². The lowest BCUT2D eigenvalue weighted by Crippen LogP contribution is -2.35. The quantitative estimate of drug-likeness (QED) is 0.847. The molecule has 2 aromatic heterocycles. The fourth-order valence-electron chi connectivity index (χ4n) is 3.00. The van der Waals surface area contributed by atoms with Gasteiger partial charge in [0.15, 0.2) is 0 Å². The van der Waals surface area contributed by atoms with Crippen LogP contribution < -0.4 is 5.32 Å². The third-order valence-corrected chi connectivity index (χ3v) is 4.17. The maximum atomic E-state index is 4.59. The summed E-state index contributed by atoms with van der Waals surface area (Å²) in [4.78, 5) is 7.16. The van der Waals surface area contributed by atoms with Crippen molar-refractivity contribution >= 4 is 5.65 Å². The van der Waals surface area contributed by atoms with Gasteiger partial charge in [0, 0.05) is 25.8 Å². The molecule has 0 aliphatic carbocycles. The molecule has 108 valence electrons. The maximum Gasteiger partial charge on any atom is 0.137 e. The zero-order valence-corrected chi connectivity index (χ0v) is 12.3. The maximum absolute atomic E-state index is 4.59. The van der Waals surface area contributed by atoms with Crippen molar-refractivity contribution in [2.24, 2.45) is 0 Å². The first-order valence-electron chi connectivity index (χ1n) is 7.70. The average Bonchev–Trinajstić information content (AvgIpc) is 2.80. The summed E-state index contributed by atoms with van der Waals surface area (Å²) in [6.07, 6.45) is 6.24. The van der Waals surface area contributed by atoms with Crippen LogP contribution in [0.1, 0.15) is 30.7 Å². The van der Waals surface area contributed by atoms with Gasteiger partial charge in [-0.25, -0.2) is 4.98 Å². The Bertz CT molecular complexity index is 555. The smallest absolute Gasteiger partial charge is 0.137 e. The zero-order chi connectivity index (χ0) is 13.8. The van der Waals surface area contributed by atoms with E-state index in [1.807, 2.05) is 6.07 Å². The van der Waals surface area contributed by atoms with Crippen molar-refractivity contribution in [3.63, 3.8) is 0 Å². The topological polar surface area (TPSA) is 32.6 Å². The highest BCUT2D eigenvalue weighted by atomic mass is 15.1. The average molecular weight is 272 g/mol. The molecular weight excluding hydrogens is 248 g/mol. The summed E-state index contributed by atoms with van der Waals surface area (Å²) >= 11 is 0. The molecule has 0 saturated carbocycles. The van der Waals surface area contributed by atoms with Gasteiger partial charge in [-0.2, -0.15) is 0 Å². The Morgan fingerprint density at radius 3 is 2.90 bits per heavy atom. The van der Waals surface area contributed by atoms with Gasteiger partial charge in [0.25, 0.3) is 0 Å². The van der Waals surface area contributed by atoms with Crippen molar-refractivity contribution in [3.8, 4) is 0 Å². The minimum atomic E-state index is 0.894. The molecule has 0 amide bonds. The number of imidazole rings is 1. The van der Waals surface area contributed by atoms with Crippen LogP contribution in [0.25, 0.3) is 5.65 Å². The van der Waals surface area contributed by atoms with E-state index in [2.05, 4.69) is 44.9 Å². The predicted octanol–water partition coefficient (Wildman–Crippen LogP) is 2.22. The molecule has 20 heavy (non-hydrogen) atoms. The summed E-state index contributed by atoms with van der Waals surface area (Å²) in [6, 6.07) is 6.16. The minimum Gasteiger partial charge on any atom is -0.310 e. The van der Waals surface area contributed by atoms with E-state index in [0.717, 1.165) is 31.0 Å². The number of nitrogens with zero attached hydrogens (tertiary/aromatic N) is 3. The SMILES string of the molecule is Cc1nc2ccccn2c1CNCCN1CCCCC1. The Morgan fingerprint density at radius 1 is 1.20 bits per heavy atom. The Kier molecular flexibility index (Phi) is 4.33. The van der Waals surface area contributed by atoms with E-state index in [0.29, 0.717) is 0 Å². The number of likely N-dealkylation sites (tertiary alicyclic amines) is 1. The molecule has 1 aliphatic rings. The van der Waals surface area contributed by atoms with Gasteiger partial charge >= 0.3 is 0 Å². The summed E-state index contributed by atoms with van der Waals surface area (Å²) in [5.74, 6) is 0. The van der Waals surface area contributed by atoms with Gasteiger partial charge < -0.3 is 14.6 Å². The van der Waals surface area contributed by atoms with Gasteiger partial charge in [0.05, 0.1) is 11.4 Å². The Balaban J connectivity index is 1.53. The number of pyridine rings is 1. The van der Waals surface area contributed by atoms with Crippen LogP contribution in [0.3, 0.4) is 0 Å². The second-order valence-electron chi connectivity index (χ2n) is 5.65. The lowest BCUT2D eigenvalue weighted by Gasteiger charge is -2.26. The molecule has 2 aromatic rings. The Hall–Kier alpha value is -1.39.